The smallest absolute Gasteiger partial charge is 0.270 e. The normalized spacial score (nSPS) is 21.5. The van der Waals surface area contributed by atoms with Crippen LogP contribution in [0.25, 0.3) is 0 Å². The number of carbonyl (C=O) groups excluding carboxylic acids is 1. The van der Waals surface area contributed by atoms with Gasteiger partial charge in [-0.25, -0.2) is 0 Å². The molecule has 5 nitrogen and oxygen atoms in total. The van der Waals surface area contributed by atoms with Crippen LogP contribution in [-0.4, -0.2) is 21.4 Å². The Kier molecular flexibility index (Phi) is 4.65. The molecule has 1 amide bonds. The molecule has 2 N–H and O–H groups in total. The molecule has 1 aromatic carbocycles. The number of nitrogens with one attached hydrogen (secondary N) is 2. The lowest BCUT2D eigenvalue weighted by Crippen LogP contribution is -2.21. The first-order valence-electron chi connectivity index (χ1n) is 8.65. The number of benzene rings is 1. The van der Waals surface area contributed by atoms with Gasteiger partial charge in [0.25, 0.3) is 5.56 Å². The van der Waals surface area contributed by atoms with Crippen molar-refractivity contribution in [1.82, 2.24) is 9.78 Å². The number of aromatic nitrogens is 2. The van der Waals surface area contributed by atoms with E-state index in [1.54, 1.807) is 0 Å². The standard InChI is InChI=1S/C18H20ClN3O2S/c19-12-8-6-11(7-9-12)16-15-17(20-14(23)10-25-16)22(21-18(15)24)13-4-2-1-3-5-13/h6-9,13,16H,1-5,10H2,(H,20,23)(H,21,24)/t16-/m1/s1. The Balaban J connectivity index is 1.81. The summed E-state index contributed by atoms with van der Waals surface area (Å²) in [5.74, 6) is 0.907. The van der Waals surface area contributed by atoms with E-state index in [0.717, 1.165) is 31.2 Å². The van der Waals surface area contributed by atoms with E-state index in [4.69, 9.17) is 11.6 Å². The zero-order chi connectivity index (χ0) is 17.4. The number of carbonyl (C=O) groups is 1. The SMILES string of the molecule is O=C1CS[C@H](c2ccc(Cl)cc2)c2c(n(C3CCCCC3)[nH]c2=O)N1. The van der Waals surface area contributed by atoms with Crippen LogP contribution in [0.3, 0.4) is 0 Å². The van der Waals surface area contributed by atoms with Gasteiger partial charge in [-0.3, -0.25) is 19.4 Å². The largest absolute Gasteiger partial charge is 0.310 e. The minimum absolute atomic E-state index is 0.0636. The van der Waals surface area contributed by atoms with Crippen LogP contribution in [0.2, 0.25) is 5.02 Å². The van der Waals surface area contributed by atoms with Crippen molar-refractivity contribution in [1.29, 1.82) is 0 Å². The van der Waals surface area contributed by atoms with Crippen molar-refractivity contribution in [2.75, 3.05) is 11.1 Å². The average Bonchev–Trinajstić information content (AvgIpc) is 2.83. The Morgan fingerprint density at radius 1 is 1.08 bits per heavy atom. The summed E-state index contributed by atoms with van der Waals surface area (Å²) in [5, 5.41) is 6.43. The van der Waals surface area contributed by atoms with Gasteiger partial charge in [0.05, 0.1) is 22.6 Å². The van der Waals surface area contributed by atoms with Crippen LogP contribution in [-0.2, 0) is 4.79 Å². The van der Waals surface area contributed by atoms with Crippen molar-refractivity contribution in [2.24, 2.45) is 0 Å². The minimum Gasteiger partial charge on any atom is -0.310 e. The molecular formula is C18H20ClN3O2S. The summed E-state index contributed by atoms with van der Waals surface area (Å²) in [6.07, 6.45) is 5.61. The summed E-state index contributed by atoms with van der Waals surface area (Å²) in [6, 6.07) is 7.75. The van der Waals surface area contributed by atoms with E-state index in [9.17, 15) is 9.59 Å². The molecule has 2 aliphatic rings. The second kappa shape index (κ2) is 6.92. The Labute approximate surface area is 155 Å². The van der Waals surface area contributed by atoms with Gasteiger partial charge in [0.1, 0.15) is 5.82 Å². The van der Waals surface area contributed by atoms with Crippen LogP contribution in [0.5, 0.6) is 0 Å². The molecule has 1 aliphatic carbocycles. The summed E-state index contributed by atoms with van der Waals surface area (Å²) >= 11 is 7.48. The van der Waals surface area contributed by atoms with Gasteiger partial charge >= 0.3 is 0 Å². The Morgan fingerprint density at radius 2 is 1.80 bits per heavy atom. The number of halogens is 1. The first-order chi connectivity index (χ1) is 12.1. The second-order valence-electron chi connectivity index (χ2n) is 6.66. The van der Waals surface area contributed by atoms with Gasteiger partial charge < -0.3 is 5.32 Å². The lowest BCUT2D eigenvalue weighted by atomic mass is 9.95. The van der Waals surface area contributed by atoms with Crippen molar-refractivity contribution < 1.29 is 4.79 Å². The molecule has 1 aliphatic heterocycles. The van der Waals surface area contributed by atoms with E-state index in [2.05, 4.69) is 10.4 Å². The molecule has 25 heavy (non-hydrogen) atoms. The van der Waals surface area contributed by atoms with Crippen molar-refractivity contribution in [2.45, 2.75) is 43.4 Å². The van der Waals surface area contributed by atoms with E-state index in [-0.39, 0.29) is 22.8 Å². The molecule has 1 saturated carbocycles. The highest BCUT2D eigenvalue weighted by Crippen LogP contribution is 2.41. The number of nitrogens with zero attached hydrogens (tertiary/aromatic N) is 1. The predicted octanol–water partition coefficient (Wildman–Crippen LogP) is 4.11. The highest BCUT2D eigenvalue weighted by Gasteiger charge is 2.32. The third kappa shape index (κ3) is 3.25. The molecule has 0 spiro atoms. The van der Waals surface area contributed by atoms with Crippen LogP contribution in [0.1, 0.15) is 54.5 Å². The lowest BCUT2D eigenvalue weighted by molar-refractivity contribution is -0.113. The molecule has 0 radical (unpaired) electrons. The maximum Gasteiger partial charge on any atom is 0.270 e. The number of rotatable bonds is 2. The number of thioether (sulfide) groups is 1. The quantitative estimate of drug-likeness (QED) is 0.827. The molecule has 7 heteroatoms. The summed E-state index contributed by atoms with van der Waals surface area (Å²) in [7, 11) is 0. The second-order valence-corrected chi connectivity index (χ2v) is 8.19. The highest BCUT2D eigenvalue weighted by molar-refractivity contribution is 8.00. The van der Waals surface area contributed by atoms with Crippen LogP contribution in [0, 0.1) is 0 Å². The van der Waals surface area contributed by atoms with Crippen molar-refractivity contribution in [3.8, 4) is 0 Å². The van der Waals surface area contributed by atoms with Crippen LogP contribution in [0.4, 0.5) is 5.82 Å². The van der Waals surface area contributed by atoms with E-state index in [0.29, 0.717) is 22.2 Å². The third-order valence-electron chi connectivity index (χ3n) is 4.98. The van der Waals surface area contributed by atoms with Gasteiger partial charge in [0.15, 0.2) is 0 Å². The van der Waals surface area contributed by atoms with E-state index < -0.39 is 0 Å². The lowest BCUT2D eigenvalue weighted by Gasteiger charge is -2.24. The Bertz CT molecular complexity index is 837. The minimum atomic E-state index is -0.181. The van der Waals surface area contributed by atoms with E-state index >= 15 is 0 Å². The summed E-state index contributed by atoms with van der Waals surface area (Å²) in [6.45, 7) is 0. The zero-order valence-electron chi connectivity index (χ0n) is 13.8. The predicted molar refractivity (Wildman–Crippen MR) is 102 cm³/mol. The van der Waals surface area contributed by atoms with Gasteiger partial charge in [-0.1, -0.05) is 43.0 Å². The maximum absolute atomic E-state index is 12.8. The molecule has 0 unspecified atom stereocenters. The number of H-pyrrole nitrogens is 1. The molecule has 4 rings (SSSR count). The molecule has 1 atom stereocenters. The van der Waals surface area contributed by atoms with Crippen molar-refractivity contribution in [3.05, 3.63) is 50.8 Å². The van der Waals surface area contributed by atoms with Crippen LogP contribution >= 0.6 is 23.4 Å². The average molecular weight is 378 g/mol. The third-order valence-corrected chi connectivity index (χ3v) is 6.50. The summed E-state index contributed by atoms with van der Waals surface area (Å²) < 4.78 is 1.91. The number of amides is 1. The van der Waals surface area contributed by atoms with E-state index in [1.165, 1.54) is 18.2 Å². The molecular weight excluding hydrogens is 358 g/mol. The van der Waals surface area contributed by atoms with Gasteiger partial charge in [-0.15, -0.1) is 11.8 Å². The molecule has 132 valence electrons. The topological polar surface area (TPSA) is 66.9 Å². The molecule has 0 saturated heterocycles. The van der Waals surface area contributed by atoms with Crippen molar-refractivity contribution in [3.63, 3.8) is 0 Å². The number of fused-ring (bicyclic) bond motifs is 1. The molecule has 2 aromatic rings. The Morgan fingerprint density at radius 3 is 2.52 bits per heavy atom. The number of aromatic amines is 1. The fourth-order valence-electron chi connectivity index (χ4n) is 3.76. The number of hydrogen-bond donors (Lipinski definition) is 2. The molecule has 1 fully saturated rings. The van der Waals surface area contributed by atoms with Gasteiger partial charge in [-0.05, 0) is 30.5 Å². The fraction of sp³-hybridized carbons (Fsp3) is 0.444. The number of anilines is 1. The molecule has 1 aromatic heterocycles. The zero-order valence-corrected chi connectivity index (χ0v) is 15.3. The van der Waals surface area contributed by atoms with Crippen LogP contribution in [0.15, 0.2) is 29.1 Å². The molecule has 2 heterocycles. The highest BCUT2D eigenvalue weighted by atomic mass is 35.5. The summed E-state index contributed by atoms with van der Waals surface area (Å²) in [4.78, 5) is 25.0. The number of hydrogen-bond acceptors (Lipinski definition) is 3. The van der Waals surface area contributed by atoms with Gasteiger partial charge in [-0.2, -0.15) is 0 Å². The summed E-state index contributed by atoms with van der Waals surface area (Å²) in [5.41, 5.74) is 1.51. The first kappa shape index (κ1) is 16.8. The van der Waals surface area contributed by atoms with E-state index in [1.807, 2.05) is 28.9 Å². The van der Waals surface area contributed by atoms with Gasteiger partial charge in [0, 0.05) is 5.02 Å². The fourth-order valence-corrected chi connectivity index (χ4v) is 5.01. The maximum atomic E-state index is 12.8. The van der Waals surface area contributed by atoms with Crippen LogP contribution < -0.4 is 10.9 Å². The first-order valence-corrected chi connectivity index (χ1v) is 10.1. The Hall–Kier alpha value is -1.66. The van der Waals surface area contributed by atoms with Crippen molar-refractivity contribution >= 4 is 35.1 Å². The molecule has 0 bridgehead atoms. The monoisotopic (exact) mass is 377 g/mol. The van der Waals surface area contributed by atoms with Gasteiger partial charge in [0.2, 0.25) is 5.91 Å².